The zero-order valence-corrected chi connectivity index (χ0v) is 10.6. The summed E-state index contributed by atoms with van der Waals surface area (Å²) in [5.41, 5.74) is 0.645. The summed E-state index contributed by atoms with van der Waals surface area (Å²) in [6, 6.07) is 5.20. The van der Waals surface area contributed by atoms with Crippen molar-refractivity contribution < 1.29 is 9.13 Å². The van der Waals surface area contributed by atoms with Crippen LogP contribution in [-0.2, 0) is 6.54 Å². The van der Waals surface area contributed by atoms with Crippen LogP contribution in [0, 0.1) is 11.7 Å². The van der Waals surface area contributed by atoms with E-state index in [1.54, 1.807) is 18.2 Å². The van der Waals surface area contributed by atoms with Gasteiger partial charge in [-0.15, -0.1) is 11.6 Å². The predicted molar refractivity (Wildman–Crippen MR) is 67.0 cm³/mol. The van der Waals surface area contributed by atoms with Crippen LogP contribution in [0.2, 0.25) is 0 Å². The molecule has 1 aliphatic carbocycles. The minimum atomic E-state index is -0.272. The van der Waals surface area contributed by atoms with Crippen LogP contribution in [0.5, 0.6) is 5.75 Å². The number of alkyl halides is 1. The summed E-state index contributed by atoms with van der Waals surface area (Å²) < 4.78 is 18.7. The fourth-order valence-corrected chi connectivity index (χ4v) is 2.59. The van der Waals surface area contributed by atoms with Gasteiger partial charge in [0.15, 0.2) is 11.6 Å². The van der Waals surface area contributed by atoms with Crippen molar-refractivity contribution in [3.63, 3.8) is 0 Å². The highest BCUT2D eigenvalue weighted by atomic mass is 35.5. The first-order chi connectivity index (χ1) is 8.20. The first-order valence-corrected chi connectivity index (χ1v) is 6.30. The number of rotatable bonds is 5. The maximum atomic E-state index is 13.8. The standard InChI is InChI=1S/C13H17ClFNO/c1-17-12-4-2-3-10(13(12)15)8-16-7-9-5-11(14)6-9/h2-4,9,11,16H,5-8H2,1H3. The third-order valence-corrected chi connectivity index (χ3v) is 3.55. The van der Waals surface area contributed by atoms with Gasteiger partial charge in [0, 0.05) is 17.5 Å². The molecule has 0 unspecified atom stereocenters. The highest BCUT2D eigenvalue weighted by Crippen LogP contribution is 2.31. The Labute approximate surface area is 106 Å². The number of benzene rings is 1. The molecule has 0 aromatic heterocycles. The normalized spacial score (nSPS) is 23.2. The van der Waals surface area contributed by atoms with Crippen molar-refractivity contribution in [2.45, 2.75) is 24.8 Å². The van der Waals surface area contributed by atoms with Crippen molar-refractivity contribution in [2.75, 3.05) is 13.7 Å². The maximum Gasteiger partial charge on any atom is 0.169 e. The van der Waals surface area contributed by atoms with E-state index < -0.39 is 0 Å². The molecule has 0 radical (unpaired) electrons. The Balaban J connectivity index is 1.82. The number of ether oxygens (including phenoxy) is 1. The van der Waals surface area contributed by atoms with E-state index in [0.717, 1.165) is 19.4 Å². The molecule has 0 heterocycles. The lowest BCUT2D eigenvalue weighted by Gasteiger charge is -2.31. The Morgan fingerprint density at radius 2 is 2.24 bits per heavy atom. The number of halogens is 2. The van der Waals surface area contributed by atoms with Gasteiger partial charge in [0.1, 0.15) is 0 Å². The second-order valence-corrected chi connectivity index (χ2v) is 5.12. The summed E-state index contributed by atoms with van der Waals surface area (Å²) in [6.45, 7) is 1.44. The molecule has 1 fully saturated rings. The Morgan fingerprint density at radius 3 is 2.88 bits per heavy atom. The molecule has 1 aromatic carbocycles. The third-order valence-electron chi connectivity index (χ3n) is 3.19. The van der Waals surface area contributed by atoms with Crippen LogP contribution in [0.15, 0.2) is 18.2 Å². The van der Waals surface area contributed by atoms with Gasteiger partial charge in [-0.3, -0.25) is 0 Å². The van der Waals surface area contributed by atoms with Crippen LogP contribution in [-0.4, -0.2) is 19.0 Å². The molecule has 17 heavy (non-hydrogen) atoms. The van der Waals surface area contributed by atoms with E-state index in [1.807, 2.05) is 0 Å². The number of nitrogens with one attached hydrogen (secondary N) is 1. The van der Waals surface area contributed by atoms with Crippen molar-refractivity contribution in [3.05, 3.63) is 29.6 Å². The molecule has 1 aliphatic rings. The summed E-state index contributed by atoms with van der Waals surface area (Å²) in [6.07, 6.45) is 2.13. The van der Waals surface area contributed by atoms with Crippen molar-refractivity contribution >= 4 is 11.6 Å². The molecule has 94 valence electrons. The lowest BCUT2D eigenvalue weighted by atomic mass is 9.85. The molecule has 4 heteroatoms. The van der Waals surface area contributed by atoms with Crippen LogP contribution in [0.25, 0.3) is 0 Å². The van der Waals surface area contributed by atoms with Gasteiger partial charge in [-0.1, -0.05) is 12.1 Å². The van der Waals surface area contributed by atoms with E-state index >= 15 is 0 Å². The van der Waals surface area contributed by atoms with E-state index in [2.05, 4.69) is 5.32 Å². The fourth-order valence-electron chi connectivity index (χ4n) is 2.08. The van der Waals surface area contributed by atoms with Crippen molar-refractivity contribution in [1.82, 2.24) is 5.32 Å². The molecule has 0 bridgehead atoms. The molecule has 1 saturated carbocycles. The Bertz CT molecular complexity index is 380. The Hall–Kier alpha value is -0.800. The van der Waals surface area contributed by atoms with E-state index in [1.165, 1.54) is 7.11 Å². The topological polar surface area (TPSA) is 21.3 Å². The lowest BCUT2D eigenvalue weighted by molar-refractivity contribution is 0.307. The molecule has 1 aromatic rings. The smallest absolute Gasteiger partial charge is 0.169 e. The van der Waals surface area contributed by atoms with Gasteiger partial charge in [0.05, 0.1) is 7.11 Å². The second kappa shape index (κ2) is 5.69. The molecule has 0 aliphatic heterocycles. The monoisotopic (exact) mass is 257 g/mol. The molecular weight excluding hydrogens is 241 g/mol. The van der Waals surface area contributed by atoms with Crippen LogP contribution >= 0.6 is 11.6 Å². The molecule has 1 N–H and O–H groups in total. The molecule has 0 saturated heterocycles. The summed E-state index contributed by atoms with van der Waals surface area (Å²) in [5, 5.41) is 3.61. The van der Waals surface area contributed by atoms with Crippen LogP contribution in [0.1, 0.15) is 18.4 Å². The zero-order valence-electron chi connectivity index (χ0n) is 9.88. The first-order valence-electron chi connectivity index (χ1n) is 5.87. The fraction of sp³-hybridized carbons (Fsp3) is 0.538. The summed E-state index contributed by atoms with van der Waals surface area (Å²) in [5.74, 6) is 0.672. The van der Waals surface area contributed by atoms with Gasteiger partial charge in [0.2, 0.25) is 0 Å². The van der Waals surface area contributed by atoms with E-state index in [9.17, 15) is 4.39 Å². The highest BCUT2D eigenvalue weighted by Gasteiger charge is 2.26. The highest BCUT2D eigenvalue weighted by molar-refractivity contribution is 6.21. The minimum absolute atomic E-state index is 0.272. The summed E-state index contributed by atoms with van der Waals surface area (Å²) in [4.78, 5) is 0. The van der Waals surface area contributed by atoms with E-state index in [4.69, 9.17) is 16.3 Å². The molecule has 0 spiro atoms. The van der Waals surface area contributed by atoms with Crippen LogP contribution < -0.4 is 10.1 Å². The van der Waals surface area contributed by atoms with Gasteiger partial charge in [0.25, 0.3) is 0 Å². The van der Waals surface area contributed by atoms with E-state index in [-0.39, 0.29) is 5.82 Å². The largest absolute Gasteiger partial charge is 0.494 e. The van der Waals surface area contributed by atoms with Crippen molar-refractivity contribution in [2.24, 2.45) is 5.92 Å². The molecular formula is C13H17ClFNO. The quantitative estimate of drug-likeness (QED) is 0.819. The summed E-state index contributed by atoms with van der Waals surface area (Å²) >= 11 is 5.90. The maximum absolute atomic E-state index is 13.8. The van der Waals surface area contributed by atoms with Gasteiger partial charge in [-0.05, 0) is 31.4 Å². The van der Waals surface area contributed by atoms with Crippen molar-refractivity contribution in [3.8, 4) is 5.75 Å². The third kappa shape index (κ3) is 3.11. The van der Waals surface area contributed by atoms with Crippen LogP contribution in [0.3, 0.4) is 0 Å². The Kier molecular flexibility index (Phi) is 4.24. The average molecular weight is 258 g/mol. The first kappa shape index (κ1) is 12.7. The predicted octanol–water partition coefficient (Wildman–Crippen LogP) is 2.94. The zero-order chi connectivity index (χ0) is 12.3. The van der Waals surface area contributed by atoms with Crippen molar-refractivity contribution in [1.29, 1.82) is 0 Å². The number of hydrogen-bond acceptors (Lipinski definition) is 2. The van der Waals surface area contributed by atoms with Gasteiger partial charge in [-0.2, -0.15) is 0 Å². The Morgan fingerprint density at radius 1 is 1.47 bits per heavy atom. The molecule has 0 amide bonds. The van der Waals surface area contributed by atoms with Gasteiger partial charge in [-0.25, -0.2) is 4.39 Å². The SMILES string of the molecule is COc1cccc(CNCC2CC(Cl)C2)c1F. The number of hydrogen-bond donors (Lipinski definition) is 1. The van der Waals surface area contributed by atoms with E-state index in [0.29, 0.717) is 29.2 Å². The average Bonchev–Trinajstić information content (AvgIpc) is 2.29. The minimum Gasteiger partial charge on any atom is -0.494 e. The summed E-state index contributed by atoms with van der Waals surface area (Å²) in [7, 11) is 1.48. The van der Waals surface area contributed by atoms with Gasteiger partial charge >= 0.3 is 0 Å². The second-order valence-electron chi connectivity index (χ2n) is 4.50. The number of methoxy groups -OCH3 is 1. The molecule has 2 nitrogen and oxygen atoms in total. The molecule has 2 rings (SSSR count). The van der Waals surface area contributed by atoms with Gasteiger partial charge < -0.3 is 10.1 Å². The van der Waals surface area contributed by atoms with Crippen LogP contribution in [0.4, 0.5) is 4.39 Å². The lowest BCUT2D eigenvalue weighted by Crippen LogP contribution is -2.33. The molecule has 0 atom stereocenters.